The number of benzene rings is 2. The van der Waals surface area contributed by atoms with Crippen LogP contribution in [0.25, 0.3) is 22.6 Å². The summed E-state index contributed by atoms with van der Waals surface area (Å²) < 4.78 is 13.0. The molecule has 3 rings (SSSR count). The molecule has 0 radical (unpaired) electrons. The molecule has 104 valence electrons. The van der Waals surface area contributed by atoms with Crippen LogP contribution in [0, 0.1) is 5.82 Å². The van der Waals surface area contributed by atoms with Gasteiger partial charge in [-0.15, -0.1) is 0 Å². The molecule has 0 atom stereocenters. The van der Waals surface area contributed by atoms with Crippen LogP contribution in [0.4, 0.5) is 10.1 Å². The zero-order chi connectivity index (χ0) is 14.8. The molecule has 5 heteroatoms. The van der Waals surface area contributed by atoms with Crippen LogP contribution in [0.2, 0.25) is 0 Å². The summed E-state index contributed by atoms with van der Waals surface area (Å²) >= 11 is 0. The van der Waals surface area contributed by atoms with Gasteiger partial charge in [-0.1, -0.05) is 12.1 Å². The van der Waals surface area contributed by atoms with E-state index >= 15 is 0 Å². The summed E-state index contributed by atoms with van der Waals surface area (Å²) in [6, 6.07) is 14.3. The highest BCUT2D eigenvalue weighted by Gasteiger charge is 2.06. The molecule has 1 aromatic heterocycles. The van der Waals surface area contributed by atoms with Crippen molar-refractivity contribution in [2.24, 2.45) is 0 Å². The topological polar surface area (TPSA) is 71.8 Å². The minimum absolute atomic E-state index is 0.276. The second-order valence-electron chi connectivity index (χ2n) is 4.61. The Labute approximate surface area is 120 Å². The van der Waals surface area contributed by atoms with Gasteiger partial charge in [0.15, 0.2) is 0 Å². The van der Waals surface area contributed by atoms with Gasteiger partial charge in [0, 0.05) is 22.9 Å². The van der Waals surface area contributed by atoms with Crippen LogP contribution in [-0.2, 0) is 0 Å². The smallest absolute Gasteiger partial charge is 0.251 e. The van der Waals surface area contributed by atoms with Crippen molar-refractivity contribution in [3.05, 3.63) is 70.8 Å². The fourth-order valence-electron chi connectivity index (χ4n) is 2.05. The Kier molecular flexibility index (Phi) is 3.23. The standard InChI is InChI=1S/C16H12FN3O/c17-12-6-4-10(5-7-12)16-19-14(9-15(21)20-16)11-2-1-3-13(18)8-11/h1-9H,18H2,(H,19,20,21). The number of hydrogen-bond acceptors (Lipinski definition) is 3. The quantitative estimate of drug-likeness (QED) is 0.709. The lowest BCUT2D eigenvalue weighted by atomic mass is 10.1. The van der Waals surface area contributed by atoms with Crippen molar-refractivity contribution >= 4 is 5.69 Å². The number of hydrogen-bond donors (Lipinski definition) is 2. The lowest BCUT2D eigenvalue weighted by Gasteiger charge is -2.05. The first-order valence-corrected chi connectivity index (χ1v) is 6.35. The summed E-state index contributed by atoms with van der Waals surface area (Å²) in [4.78, 5) is 18.9. The van der Waals surface area contributed by atoms with Crippen LogP contribution in [0.1, 0.15) is 0 Å². The number of H-pyrrole nitrogens is 1. The Morgan fingerprint density at radius 2 is 1.76 bits per heavy atom. The molecular formula is C16H12FN3O. The fourth-order valence-corrected chi connectivity index (χ4v) is 2.05. The Morgan fingerprint density at radius 1 is 1.00 bits per heavy atom. The molecule has 0 saturated heterocycles. The lowest BCUT2D eigenvalue weighted by molar-refractivity contribution is 0.628. The number of nitrogens with one attached hydrogen (secondary N) is 1. The number of aromatic amines is 1. The molecule has 0 unspecified atom stereocenters. The van der Waals surface area contributed by atoms with Gasteiger partial charge >= 0.3 is 0 Å². The number of rotatable bonds is 2. The van der Waals surface area contributed by atoms with Crippen LogP contribution in [0.5, 0.6) is 0 Å². The van der Waals surface area contributed by atoms with E-state index in [-0.39, 0.29) is 11.4 Å². The number of halogens is 1. The Morgan fingerprint density at radius 3 is 2.48 bits per heavy atom. The maximum atomic E-state index is 13.0. The molecule has 3 N–H and O–H groups in total. The van der Waals surface area contributed by atoms with Gasteiger partial charge in [0.25, 0.3) is 5.56 Å². The van der Waals surface area contributed by atoms with E-state index in [4.69, 9.17) is 5.73 Å². The Bertz CT molecular complexity index is 841. The molecule has 4 nitrogen and oxygen atoms in total. The first kappa shape index (κ1) is 13.1. The molecule has 0 aliphatic carbocycles. The van der Waals surface area contributed by atoms with Crippen molar-refractivity contribution in [2.75, 3.05) is 5.73 Å². The Balaban J connectivity index is 2.12. The molecule has 0 aliphatic rings. The number of nitrogens with two attached hydrogens (primary N) is 1. The summed E-state index contributed by atoms with van der Waals surface area (Å²) in [6.07, 6.45) is 0. The fraction of sp³-hybridized carbons (Fsp3) is 0. The molecular weight excluding hydrogens is 269 g/mol. The zero-order valence-electron chi connectivity index (χ0n) is 11.0. The van der Waals surface area contributed by atoms with E-state index in [1.54, 1.807) is 30.3 Å². The van der Waals surface area contributed by atoms with E-state index < -0.39 is 0 Å². The highest BCUT2D eigenvalue weighted by Crippen LogP contribution is 2.21. The van der Waals surface area contributed by atoms with E-state index in [2.05, 4.69) is 9.97 Å². The number of anilines is 1. The summed E-state index contributed by atoms with van der Waals surface area (Å²) in [6.45, 7) is 0. The minimum Gasteiger partial charge on any atom is -0.399 e. The first-order chi connectivity index (χ1) is 10.1. The van der Waals surface area contributed by atoms with Crippen LogP contribution in [-0.4, -0.2) is 9.97 Å². The predicted octanol–water partition coefficient (Wildman–Crippen LogP) is 2.83. The summed E-state index contributed by atoms with van der Waals surface area (Å²) in [7, 11) is 0. The molecule has 2 aromatic carbocycles. The number of nitrogen functional groups attached to an aromatic ring is 1. The van der Waals surface area contributed by atoms with Crippen molar-refractivity contribution < 1.29 is 4.39 Å². The second kappa shape index (κ2) is 5.20. The molecule has 3 aromatic rings. The zero-order valence-corrected chi connectivity index (χ0v) is 11.0. The van der Waals surface area contributed by atoms with E-state index in [1.807, 2.05) is 6.07 Å². The lowest BCUT2D eigenvalue weighted by Crippen LogP contribution is -2.08. The molecule has 0 aliphatic heterocycles. The van der Waals surface area contributed by atoms with Gasteiger partial charge in [-0.05, 0) is 36.4 Å². The normalized spacial score (nSPS) is 10.5. The van der Waals surface area contributed by atoms with Gasteiger partial charge in [0.1, 0.15) is 11.6 Å². The van der Waals surface area contributed by atoms with Crippen molar-refractivity contribution in [3.8, 4) is 22.6 Å². The van der Waals surface area contributed by atoms with Crippen LogP contribution in [0.15, 0.2) is 59.4 Å². The van der Waals surface area contributed by atoms with Crippen molar-refractivity contribution in [1.82, 2.24) is 9.97 Å². The minimum atomic E-state index is -0.340. The average molecular weight is 281 g/mol. The van der Waals surface area contributed by atoms with E-state index in [0.29, 0.717) is 22.8 Å². The summed E-state index contributed by atoms with van der Waals surface area (Å²) in [5, 5.41) is 0. The maximum absolute atomic E-state index is 13.0. The third-order valence-electron chi connectivity index (χ3n) is 3.04. The third kappa shape index (κ3) is 2.81. The van der Waals surface area contributed by atoms with Crippen molar-refractivity contribution in [1.29, 1.82) is 0 Å². The van der Waals surface area contributed by atoms with Gasteiger partial charge in [0.05, 0.1) is 5.69 Å². The van der Waals surface area contributed by atoms with E-state index in [1.165, 1.54) is 18.2 Å². The van der Waals surface area contributed by atoms with Gasteiger partial charge in [-0.25, -0.2) is 9.37 Å². The SMILES string of the molecule is Nc1cccc(-c2cc(=O)[nH]c(-c3ccc(F)cc3)n2)c1. The molecule has 0 fully saturated rings. The van der Waals surface area contributed by atoms with Crippen LogP contribution in [0.3, 0.4) is 0 Å². The molecule has 0 saturated carbocycles. The molecule has 0 amide bonds. The predicted molar refractivity (Wildman–Crippen MR) is 80.1 cm³/mol. The van der Waals surface area contributed by atoms with Crippen molar-refractivity contribution in [2.45, 2.75) is 0 Å². The van der Waals surface area contributed by atoms with E-state index in [0.717, 1.165) is 5.56 Å². The average Bonchev–Trinajstić information content (AvgIpc) is 2.47. The number of nitrogens with zero attached hydrogens (tertiary/aromatic N) is 1. The van der Waals surface area contributed by atoms with Gasteiger partial charge < -0.3 is 10.7 Å². The van der Waals surface area contributed by atoms with Crippen LogP contribution < -0.4 is 11.3 Å². The third-order valence-corrected chi connectivity index (χ3v) is 3.04. The summed E-state index contributed by atoms with van der Waals surface area (Å²) in [5.41, 5.74) is 7.97. The van der Waals surface area contributed by atoms with E-state index in [9.17, 15) is 9.18 Å². The second-order valence-corrected chi connectivity index (χ2v) is 4.61. The Hall–Kier alpha value is -2.95. The maximum Gasteiger partial charge on any atom is 0.251 e. The number of aromatic nitrogens is 2. The highest BCUT2D eigenvalue weighted by molar-refractivity contribution is 5.66. The van der Waals surface area contributed by atoms with Gasteiger partial charge in [-0.2, -0.15) is 0 Å². The monoisotopic (exact) mass is 281 g/mol. The molecule has 0 bridgehead atoms. The highest BCUT2D eigenvalue weighted by atomic mass is 19.1. The molecule has 21 heavy (non-hydrogen) atoms. The van der Waals surface area contributed by atoms with Gasteiger partial charge in [-0.3, -0.25) is 4.79 Å². The molecule has 0 spiro atoms. The summed E-state index contributed by atoms with van der Waals surface area (Å²) in [5.74, 6) is 0.0491. The first-order valence-electron chi connectivity index (χ1n) is 6.35. The molecule has 1 heterocycles. The van der Waals surface area contributed by atoms with Gasteiger partial charge in [0.2, 0.25) is 0 Å². The van der Waals surface area contributed by atoms with Crippen LogP contribution >= 0.6 is 0 Å². The van der Waals surface area contributed by atoms with Crippen molar-refractivity contribution in [3.63, 3.8) is 0 Å². The largest absolute Gasteiger partial charge is 0.399 e.